The van der Waals surface area contributed by atoms with Crippen molar-refractivity contribution in [2.75, 3.05) is 5.75 Å². The number of unbranched alkanes of at least 4 members (excludes halogenated alkanes) is 7. The molecule has 0 aromatic carbocycles. The molecule has 1 heterocycles. The number of hydrogen-bond acceptors (Lipinski definition) is 2. The minimum atomic E-state index is 0. The Labute approximate surface area is 127 Å². The molecule has 1 aromatic rings. The van der Waals surface area contributed by atoms with E-state index in [0.717, 1.165) is 5.03 Å². The zero-order chi connectivity index (χ0) is 12.2. The first-order valence-electron chi connectivity index (χ1n) is 6.97. The highest BCUT2D eigenvalue weighted by Crippen LogP contribution is 2.17. The molecule has 3 heteroatoms. The summed E-state index contributed by atoms with van der Waals surface area (Å²) in [6, 6.07) is 6.12. The monoisotopic (exact) mass is 331 g/mol. The van der Waals surface area contributed by atoms with E-state index >= 15 is 0 Å². The van der Waals surface area contributed by atoms with E-state index in [4.69, 9.17) is 0 Å². The van der Waals surface area contributed by atoms with E-state index < -0.39 is 0 Å². The Morgan fingerprint density at radius 2 is 1.61 bits per heavy atom. The summed E-state index contributed by atoms with van der Waals surface area (Å²) in [6.07, 6.45) is 13.0. The maximum absolute atomic E-state index is 4.31. The van der Waals surface area contributed by atoms with Gasteiger partial charge in [0.2, 0.25) is 0 Å². The quantitative estimate of drug-likeness (QED) is 0.391. The fourth-order valence-corrected chi connectivity index (χ4v) is 2.71. The molecule has 0 aliphatic carbocycles. The second kappa shape index (κ2) is 13.4. The van der Waals surface area contributed by atoms with Crippen molar-refractivity contribution in [1.82, 2.24) is 4.98 Å². The van der Waals surface area contributed by atoms with Gasteiger partial charge in [-0.3, -0.25) is 0 Å². The van der Waals surface area contributed by atoms with Gasteiger partial charge in [-0.25, -0.2) is 4.98 Å². The molecule has 1 nitrogen and oxygen atoms in total. The average Bonchev–Trinajstić information content (AvgIpc) is 2.38. The van der Waals surface area contributed by atoms with E-state index in [1.165, 1.54) is 57.1 Å². The van der Waals surface area contributed by atoms with Gasteiger partial charge in [-0.2, -0.15) is 0 Å². The van der Waals surface area contributed by atoms with Gasteiger partial charge in [0.15, 0.2) is 0 Å². The summed E-state index contributed by atoms with van der Waals surface area (Å²) >= 11 is 1.88. The van der Waals surface area contributed by atoms with Crippen LogP contribution in [0.5, 0.6) is 0 Å². The molecule has 1 aromatic heterocycles. The molecule has 0 saturated carbocycles. The highest BCUT2D eigenvalue weighted by Gasteiger charge is 1.94. The second-order valence-corrected chi connectivity index (χ2v) is 5.61. The number of nitrogens with zero attached hydrogens (tertiary/aromatic N) is 1. The summed E-state index contributed by atoms with van der Waals surface area (Å²) < 4.78 is 0. The van der Waals surface area contributed by atoms with Crippen LogP contribution in [0.4, 0.5) is 0 Å². The van der Waals surface area contributed by atoms with Crippen molar-refractivity contribution in [3.63, 3.8) is 0 Å². The molecule has 0 unspecified atom stereocenters. The number of thioether (sulfide) groups is 1. The highest BCUT2D eigenvalue weighted by atomic mass is 79.9. The molecule has 0 amide bonds. The normalized spacial score (nSPS) is 10.1. The lowest BCUT2D eigenvalue weighted by Gasteiger charge is -2.01. The summed E-state index contributed by atoms with van der Waals surface area (Å²) in [6.45, 7) is 2.27. The molecule has 0 atom stereocenters. The van der Waals surface area contributed by atoms with Crippen LogP contribution in [0, 0.1) is 0 Å². The molecule has 0 saturated heterocycles. The van der Waals surface area contributed by atoms with Crippen molar-refractivity contribution in [2.45, 2.75) is 63.3 Å². The third-order valence-corrected chi connectivity index (χ3v) is 3.92. The third kappa shape index (κ3) is 9.95. The third-order valence-electron chi connectivity index (χ3n) is 2.89. The Bertz CT molecular complexity index is 266. The van der Waals surface area contributed by atoms with Crippen molar-refractivity contribution in [3.8, 4) is 0 Å². The molecule has 0 aliphatic rings. The van der Waals surface area contributed by atoms with Crippen LogP contribution >= 0.6 is 28.7 Å². The summed E-state index contributed by atoms with van der Waals surface area (Å²) in [4.78, 5) is 4.31. The van der Waals surface area contributed by atoms with Crippen molar-refractivity contribution in [1.29, 1.82) is 0 Å². The number of aromatic nitrogens is 1. The first kappa shape index (κ1) is 18.0. The molecular formula is C15H26BrNS. The zero-order valence-corrected chi connectivity index (χ0v) is 14.0. The van der Waals surface area contributed by atoms with Gasteiger partial charge in [-0.15, -0.1) is 28.7 Å². The van der Waals surface area contributed by atoms with Crippen LogP contribution < -0.4 is 0 Å². The molecule has 104 valence electrons. The van der Waals surface area contributed by atoms with Crippen molar-refractivity contribution in [3.05, 3.63) is 24.4 Å². The van der Waals surface area contributed by atoms with E-state index in [2.05, 4.69) is 24.0 Å². The Kier molecular flexibility index (Phi) is 13.4. The SMILES string of the molecule is Br.CCCCCCCCCCSc1ccccn1. The van der Waals surface area contributed by atoms with E-state index in [9.17, 15) is 0 Å². The van der Waals surface area contributed by atoms with Gasteiger partial charge < -0.3 is 0 Å². The summed E-state index contributed by atoms with van der Waals surface area (Å²) in [5.41, 5.74) is 0. The van der Waals surface area contributed by atoms with Crippen LogP contribution in [-0.4, -0.2) is 10.7 Å². The average molecular weight is 332 g/mol. The van der Waals surface area contributed by atoms with Crippen LogP contribution in [0.3, 0.4) is 0 Å². The van der Waals surface area contributed by atoms with Crippen molar-refractivity contribution in [2.24, 2.45) is 0 Å². The van der Waals surface area contributed by atoms with Gasteiger partial charge in [0, 0.05) is 6.20 Å². The maximum atomic E-state index is 4.31. The lowest BCUT2D eigenvalue weighted by atomic mass is 10.1. The van der Waals surface area contributed by atoms with Gasteiger partial charge in [-0.1, -0.05) is 57.9 Å². The van der Waals surface area contributed by atoms with Crippen LogP contribution in [-0.2, 0) is 0 Å². The van der Waals surface area contributed by atoms with Gasteiger partial charge in [0.05, 0.1) is 5.03 Å². The summed E-state index contributed by atoms with van der Waals surface area (Å²) in [5, 5.41) is 1.16. The van der Waals surface area contributed by atoms with Gasteiger partial charge in [-0.05, 0) is 24.3 Å². The fourth-order valence-electron chi connectivity index (χ4n) is 1.85. The first-order chi connectivity index (χ1) is 8.43. The molecular weight excluding hydrogens is 306 g/mol. The largest absolute Gasteiger partial charge is 0.250 e. The van der Waals surface area contributed by atoms with Crippen LogP contribution in [0.2, 0.25) is 0 Å². The molecule has 18 heavy (non-hydrogen) atoms. The Morgan fingerprint density at radius 1 is 0.944 bits per heavy atom. The number of pyridine rings is 1. The van der Waals surface area contributed by atoms with Crippen LogP contribution in [0.15, 0.2) is 29.4 Å². The minimum Gasteiger partial charge on any atom is -0.250 e. The van der Waals surface area contributed by atoms with Gasteiger partial charge in [0.1, 0.15) is 0 Å². The molecule has 1 rings (SSSR count). The van der Waals surface area contributed by atoms with Gasteiger partial charge in [0.25, 0.3) is 0 Å². The lowest BCUT2D eigenvalue weighted by Crippen LogP contribution is -1.84. The highest BCUT2D eigenvalue weighted by molar-refractivity contribution is 8.93. The Morgan fingerprint density at radius 3 is 2.22 bits per heavy atom. The topological polar surface area (TPSA) is 12.9 Å². The van der Waals surface area contributed by atoms with Crippen LogP contribution in [0.1, 0.15) is 58.3 Å². The van der Waals surface area contributed by atoms with E-state index in [1.807, 2.05) is 24.0 Å². The minimum absolute atomic E-state index is 0. The van der Waals surface area contributed by atoms with E-state index in [1.54, 1.807) is 0 Å². The van der Waals surface area contributed by atoms with E-state index in [0.29, 0.717) is 0 Å². The Balaban J connectivity index is 0.00000289. The predicted molar refractivity (Wildman–Crippen MR) is 87.9 cm³/mol. The van der Waals surface area contributed by atoms with Crippen molar-refractivity contribution >= 4 is 28.7 Å². The summed E-state index contributed by atoms with van der Waals surface area (Å²) in [5.74, 6) is 1.21. The number of halogens is 1. The first-order valence-corrected chi connectivity index (χ1v) is 7.96. The standard InChI is InChI=1S/C15H25NS.BrH/c1-2-3-4-5-6-7-8-11-14-17-15-12-9-10-13-16-15;/h9-10,12-13H,2-8,11,14H2,1H3;1H. The lowest BCUT2D eigenvalue weighted by molar-refractivity contribution is 0.586. The molecule has 0 radical (unpaired) electrons. The molecule has 0 bridgehead atoms. The van der Waals surface area contributed by atoms with Crippen LogP contribution in [0.25, 0.3) is 0 Å². The molecule has 0 fully saturated rings. The number of hydrogen-bond donors (Lipinski definition) is 0. The zero-order valence-electron chi connectivity index (χ0n) is 11.4. The van der Waals surface area contributed by atoms with Gasteiger partial charge >= 0.3 is 0 Å². The Hall–Kier alpha value is -0.0200. The smallest absolute Gasteiger partial charge is 0.0959 e. The fraction of sp³-hybridized carbons (Fsp3) is 0.667. The molecule has 0 aliphatic heterocycles. The van der Waals surface area contributed by atoms with Crippen molar-refractivity contribution < 1.29 is 0 Å². The number of rotatable bonds is 10. The maximum Gasteiger partial charge on any atom is 0.0959 e. The molecule has 0 N–H and O–H groups in total. The summed E-state index contributed by atoms with van der Waals surface area (Å²) in [7, 11) is 0. The second-order valence-electron chi connectivity index (χ2n) is 4.49. The molecule has 0 spiro atoms. The van der Waals surface area contributed by atoms with E-state index in [-0.39, 0.29) is 17.0 Å². The predicted octanol–water partition coefficient (Wildman–Crippen LogP) is 5.89.